The summed E-state index contributed by atoms with van der Waals surface area (Å²) < 4.78 is 12.9. The van der Waals surface area contributed by atoms with Crippen molar-refractivity contribution < 1.29 is 28.6 Å². The van der Waals surface area contributed by atoms with Gasteiger partial charge in [-0.3, -0.25) is 4.79 Å². The van der Waals surface area contributed by atoms with Crippen molar-refractivity contribution in [3.63, 3.8) is 0 Å². The van der Waals surface area contributed by atoms with Gasteiger partial charge in [-0.2, -0.15) is 0 Å². The van der Waals surface area contributed by atoms with Gasteiger partial charge >= 0.3 is 12.1 Å². The number of carbonyl (C=O) groups excluding carboxylic acids is 3. The first kappa shape index (κ1) is 20.1. The summed E-state index contributed by atoms with van der Waals surface area (Å²) in [6.45, 7) is 6.06. The summed E-state index contributed by atoms with van der Waals surface area (Å²) in [5.74, 6) is -1.90. The van der Waals surface area contributed by atoms with Gasteiger partial charge in [-0.25, -0.2) is 9.59 Å². The number of esters is 1. The van der Waals surface area contributed by atoms with Crippen LogP contribution < -0.4 is 5.32 Å². The normalized spacial score (nSPS) is 22.5. The van der Waals surface area contributed by atoms with Crippen LogP contribution in [0.2, 0.25) is 0 Å². The number of ether oxygens (including phenoxy) is 3. The van der Waals surface area contributed by atoms with Crippen LogP contribution in [-0.4, -0.2) is 46.2 Å². The third-order valence-corrected chi connectivity index (χ3v) is 3.09. The van der Waals surface area contributed by atoms with E-state index < -0.39 is 52.1 Å². The molecule has 1 heterocycles. The highest BCUT2D eigenvalue weighted by Crippen LogP contribution is 2.27. The number of carbonyl (C=O) groups is 3. The highest BCUT2D eigenvalue weighted by molar-refractivity contribution is 6.67. The zero-order valence-electron chi connectivity index (χ0n) is 13.0. The lowest BCUT2D eigenvalue weighted by atomic mass is 9.86. The Morgan fingerprint density at radius 3 is 2.26 bits per heavy atom. The maximum absolute atomic E-state index is 12.0. The molecule has 0 aromatic rings. The molecule has 3 atom stereocenters. The number of β-lactam (4-membered cyclic amide) rings is 1. The Bertz CT molecular complexity index is 485. The summed E-state index contributed by atoms with van der Waals surface area (Å²) in [5.41, 5.74) is -0.699. The molecule has 1 rings (SSSR count). The Morgan fingerprint density at radius 2 is 1.83 bits per heavy atom. The van der Waals surface area contributed by atoms with Gasteiger partial charge in [0, 0.05) is 0 Å². The number of alkyl halides is 3. The topological polar surface area (TPSA) is 90.9 Å². The molecule has 0 bridgehead atoms. The first-order valence-corrected chi connectivity index (χ1v) is 7.87. The Labute approximate surface area is 148 Å². The van der Waals surface area contributed by atoms with Crippen LogP contribution in [0.4, 0.5) is 4.79 Å². The Kier molecular flexibility index (Phi) is 6.40. The summed E-state index contributed by atoms with van der Waals surface area (Å²) in [6, 6.07) is -0.891. The van der Waals surface area contributed by atoms with Crippen molar-refractivity contribution in [1.82, 2.24) is 5.32 Å². The summed E-state index contributed by atoms with van der Waals surface area (Å²) >= 11 is 16.3. The van der Waals surface area contributed by atoms with Gasteiger partial charge in [0.15, 0.2) is 0 Å². The smallest absolute Gasteiger partial charge is 0.458 e. The molecular formula is C13H18Cl3NO6. The number of hydrogen-bond acceptors (Lipinski definition) is 6. The minimum Gasteiger partial charge on any atom is -0.458 e. The Balaban J connectivity index is 2.57. The molecule has 0 radical (unpaired) electrons. The second-order valence-electron chi connectivity index (χ2n) is 6.02. The van der Waals surface area contributed by atoms with Gasteiger partial charge in [-0.05, 0) is 27.7 Å². The molecule has 7 nitrogen and oxygen atoms in total. The van der Waals surface area contributed by atoms with Gasteiger partial charge in [0.2, 0.25) is 9.70 Å². The lowest BCUT2D eigenvalue weighted by Gasteiger charge is -2.38. The highest BCUT2D eigenvalue weighted by atomic mass is 35.6. The number of rotatable bonds is 4. The fourth-order valence-electron chi connectivity index (χ4n) is 1.85. The first-order valence-electron chi connectivity index (χ1n) is 6.73. The van der Waals surface area contributed by atoms with E-state index in [1.807, 2.05) is 0 Å². The van der Waals surface area contributed by atoms with E-state index in [9.17, 15) is 14.4 Å². The molecule has 0 spiro atoms. The Morgan fingerprint density at radius 1 is 1.26 bits per heavy atom. The number of nitrogens with one attached hydrogen (secondary N) is 1. The Hall–Kier alpha value is -0.920. The largest absolute Gasteiger partial charge is 0.508 e. The van der Waals surface area contributed by atoms with Crippen molar-refractivity contribution in [2.24, 2.45) is 5.92 Å². The zero-order chi connectivity index (χ0) is 18.0. The van der Waals surface area contributed by atoms with E-state index in [0.29, 0.717) is 0 Å². The summed E-state index contributed by atoms with van der Waals surface area (Å²) in [4.78, 5) is 35.1. The predicted octanol–water partition coefficient (Wildman–Crippen LogP) is 2.35. The molecule has 2 unspecified atom stereocenters. The maximum atomic E-state index is 12.0. The van der Waals surface area contributed by atoms with Crippen LogP contribution in [0.25, 0.3) is 0 Å². The lowest BCUT2D eigenvalue weighted by molar-refractivity contribution is -0.170. The van der Waals surface area contributed by atoms with Gasteiger partial charge in [0.25, 0.3) is 0 Å². The van der Waals surface area contributed by atoms with E-state index in [-0.39, 0.29) is 0 Å². The quantitative estimate of drug-likeness (QED) is 0.450. The monoisotopic (exact) mass is 389 g/mol. The molecule has 0 aliphatic carbocycles. The average molecular weight is 391 g/mol. The molecule has 132 valence electrons. The lowest BCUT2D eigenvalue weighted by Crippen LogP contribution is -2.66. The van der Waals surface area contributed by atoms with Crippen LogP contribution in [0.3, 0.4) is 0 Å². The average Bonchev–Trinajstić information content (AvgIpc) is 2.29. The molecule has 23 heavy (non-hydrogen) atoms. The molecule has 0 aromatic heterocycles. The van der Waals surface area contributed by atoms with Crippen LogP contribution in [0, 0.1) is 5.92 Å². The van der Waals surface area contributed by atoms with Crippen LogP contribution >= 0.6 is 34.8 Å². The minimum atomic E-state index is -1.77. The second kappa shape index (κ2) is 7.32. The number of halogens is 3. The molecule has 0 saturated carbocycles. The van der Waals surface area contributed by atoms with Crippen molar-refractivity contribution >= 4 is 52.8 Å². The molecule has 1 fully saturated rings. The van der Waals surface area contributed by atoms with E-state index in [1.54, 1.807) is 20.8 Å². The molecule has 0 aromatic carbocycles. The van der Waals surface area contributed by atoms with Crippen molar-refractivity contribution in [2.45, 2.75) is 49.2 Å². The molecule has 1 amide bonds. The molecule has 1 N–H and O–H groups in total. The minimum absolute atomic E-state index is 0.428. The standard InChI is InChI=1S/C13H18Cl3NO6/c1-6(22-11(20)21-5-13(14,15)16)7-8(17-9(7)18)10(19)23-12(2,3)4/h6-8H,5H2,1-4H3,(H,17,18)/t6-,7?,8?/m1/s1. The van der Waals surface area contributed by atoms with Gasteiger partial charge < -0.3 is 19.5 Å². The van der Waals surface area contributed by atoms with Crippen molar-refractivity contribution in [3.8, 4) is 0 Å². The SMILES string of the molecule is C[C@@H](OC(=O)OCC(Cl)(Cl)Cl)C1C(=O)NC1C(=O)OC(C)(C)C. The zero-order valence-corrected chi connectivity index (χ0v) is 15.3. The summed E-state index contributed by atoms with van der Waals surface area (Å²) in [7, 11) is 0. The van der Waals surface area contributed by atoms with Crippen LogP contribution in [-0.2, 0) is 23.8 Å². The molecular weight excluding hydrogens is 373 g/mol. The van der Waals surface area contributed by atoms with Gasteiger partial charge in [-0.1, -0.05) is 34.8 Å². The van der Waals surface area contributed by atoms with Crippen molar-refractivity contribution in [2.75, 3.05) is 6.61 Å². The molecule has 1 aliphatic heterocycles. The molecule has 10 heteroatoms. The molecule has 1 aliphatic rings. The van der Waals surface area contributed by atoms with Crippen LogP contribution in [0.5, 0.6) is 0 Å². The van der Waals surface area contributed by atoms with E-state index in [1.165, 1.54) is 6.92 Å². The third-order valence-electron chi connectivity index (χ3n) is 2.76. The fourth-order valence-corrected chi connectivity index (χ4v) is 2.01. The van der Waals surface area contributed by atoms with Crippen molar-refractivity contribution in [1.29, 1.82) is 0 Å². The van der Waals surface area contributed by atoms with Crippen LogP contribution in [0.1, 0.15) is 27.7 Å². The number of hydrogen-bond donors (Lipinski definition) is 1. The first-order chi connectivity index (χ1) is 10.3. The third kappa shape index (κ3) is 6.61. The maximum Gasteiger partial charge on any atom is 0.508 e. The van der Waals surface area contributed by atoms with E-state index in [4.69, 9.17) is 44.3 Å². The second-order valence-corrected chi connectivity index (χ2v) is 8.54. The van der Waals surface area contributed by atoms with Gasteiger partial charge in [0.1, 0.15) is 30.3 Å². The van der Waals surface area contributed by atoms with Crippen molar-refractivity contribution in [3.05, 3.63) is 0 Å². The van der Waals surface area contributed by atoms with Gasteiger partial charge in [0.05, 0.1) is 0 Å². The van der Waals surface area contributed by atoms with E-state index in [2.05, 4.69) is 10.1 Å². The van der Waals surface area contributed by atoms with E-state index in [0.717, 1.165) is 0 Å². The predicted molar refractivity (Wildman–Crippen MR) is 83.5 cm³/mol. The number of amides is 1. The summed E-state index contributed by atoms with van der Waals surface area (Å²) in [5, 5.41) is 2.42. The van der Waals surface area contributed by atoms with Crippen LogP contribution in [0.15, 0.2) is 0 Å². The van der Waals surface area contributed by atoms with Gasteiger partial charge in [-0.15, -0.1) is 0 Å². The molecule has 1 saturated heterocycles. The van der Waals surface area contributed by atoms with E-state index >= 15 is 0 Å². The summed E-state index contributed by atoms with van der Waals surface area (Å²) in [6.07, 6.45) is -2.02. The highest BCUT2D eigenvalue weighted by Gasteiger charge is 2.50. The fraction of sp³-hybridized carbons (Fsp3) is 0.769.